The lowest BCUT2D eigenvalue weighted by Crippen LogP contribution is -2.04. The molecule has 0 amide bonds. The first-order chi connectivity index (χ1) is 11.7. The van der Waals surface area contributed by atoms with Crippen molar-refractivity contribution in [3.05, 3.63) is 65.5 Å². The molecule has 6 heteroatoms. The summed E-state index contributed by atoms with van der Waals surface area (Å²) in [7, 11) is 0. The van der Waals surface area contributed by atoms with Crippen LogP contribution in [-0.4, -0.2) is 20.4 Å². The van der Waals surface area contributed by atoms with Gasteiger partial charge >= 0.3 is 0 Å². The molecule has 120 valence electrons. The SMILES string of the molecule is Cc1ccc(C[C@H](C#N)Sc2n[nH]c(-c3ccccc3F)n2)cc1. The van der Waals surface area contributed by atoms with Gasteiger partial charge in [0.25, 0.3) is 0 Å². The maximum Gasteiger partial charge on any atom is 0.210 e. The Balaban J connectivity index is 1.72. The molecule has 0 saturated carbocycles. The number of nitrogens with one attached hydrogen (secondary N) is 1. The summed E-state index contributed by atoms with van der Waals surface area (Å²) in [6.07, 6.45) is 0.602. The second kappa shape index (κ2) is 7.28. The summed E-state index contributed by atoms with van der Waals surface area (Å²) >= 11 is 1.27. The summed E-state index contributed by atoms with van der Waals surface area (Å²) in [6, 6.07) is 16.7. The van der Waals surface area contributed by atoms with E-state index in [1.807, 2.05) is 31.2 Å². The van der Waals surface area contributed by atoms with Crippen molar-refractivity contribution in [1.29, 1.82) is 5.26 Å². The lowest BCUT2D eigenvalue weighted by molar-refractivity contribution is 0.630. The van der Waals surface area contributed by atoms with Crippen LogP contribution < -0.4 is 0 Å². The van der Waals surface area contributed by atoms with Crippen LogP contribution in [0.2, 0.25) is 0 Å². The Morgan fingerprint density at radius 1 is 1.21 bits per heavy atom. The average Bonchev–Trinajstić information content (AvgIpc) is 3.05. The number of hydrogen-bond donors (Lipinski definition) is 1. The second-order valence-corrected chi connectivity index (χ2v) is 6.54. The fraction of sp³-hybridized carbons (Fsp3) is 0.167. The van der Waals surface area contributed by atoms with Crippen LogP contribution in [0, 0.1) is 24.1 Å². The molecule has 1 N–H and O–H groups in total. The first-order valence-electron chi connectivity index (χ1n) is 7.45. The van der Waals surface area contributed by atoms with Gasteiger partial charge in [0.05, 0.1) is 11.6 Å². The maximum absolute atomic E-state index is 13.8. The number of H-pyrrole nitrogens is 1. The molecule has 0 unspecified atom stereocenters. The van der Waals surface area contributed by atoms with Crippen molar-refractivity contribution in [2.45, 2.75) is 23.8 Å². The predicted molar refractivity (Wildman–Crippen MR) is 91.9 cm³/mol. The van der Waals surface area contributed by atoms with Crippen molar-refractivity contribution < 1.29 is 4.39 Å². The number of aromatic nitrogens is 3. The van der Waals surface area contributed by atoms with Crippen LogP contribution in [0.3, 0.4) is 0 Å². The summed E-state index contributed by atoms with van der Waals surface area (Å²) in [5.74, 6) is 0.00399. The van der Waals surface area contributed by atoms with Gasteiger partial charge in [-0.05, 0) is 31.0 Å². The molecule has 0 aliphatic carbocycles. The van der Waals surface area contributed by atoms with Gasteiger partial charge in [-0.1, -0.05) is 53.7 Å². The summed E-state index contributed by atoms with van der Waals surface area (Å²) < 4.78 is 13.8. The molecule has 1 atom stereocenters. The van der Waals surface area contributed by atoms with Gasteiger partial charge in [0.15, 0.2) is 5.82 Å². The van der Waals surface area contributed by atoms with Crippen molar-refractivity contribution in [3.63, 3.8) is 0 Å². The maximum atomic E-state index is 13.8. The molecule has 3 aromatic rings. The van der Waals surface area contributed by atoms with Crippen molar-refractivity contribution in [2.75, 3.05) is 0 Å². The van der Waals surface area contributed by atoms with Crippen molar-refractivity contribution in [1.82, 2.24) is 15.2 Å². The molecule has 4 nitrogen and oxygen atoms in total. The zero-order chi connectivity index (χ0) is 16.9. The summed E-state index contributed by atoms with van der Waals surface area (Å²) in [5.41, 5.74) is 2.64. The molecule has 24 heavy (non-hydrogen) atoms. The molecule has 0 radical (unpaired) electrons. The molecule has 0 aliphatic heterocycles. The monoisotopic (exact) mass is 338 g/mol. The fourth-order valence-corrected chi connectivity index (χ4v) is 3.08. The number of aromatic amines is 1. The minimum atomic E-state index is -0.360. The van der Waals surface area contributed by atoms with Crippen LogP contribution in [-0.2, 0) is 6.42 Å². The van der Waals surface area contributed by atoms with Gasteiger partial charge < -0.3 is 0 Å². The van der Waals surface area contributed by atoms with Gasteiger partial charge in [0, 0.05) is 0 Å². The Bertz CT molecular complexity index is 867. The molecule has 3 rings (SSSR count). The number of halogens is 1. The summed E-state index contributed by atoms with van der Waals surface area (Å²) in [4.78, 5) is 4.29. The molecule has 1 aromatic heterocycles. The highest BCUT2D eigenvalue weighted by Crippen LogP contribution is 2.25. The van der Waals surface area contributed by atoms with Crippen molar-refractivity contribution >= 4 is 11.8 Å². The quantitative estimate of drug-likeness (QED) is 0.710. The molecule has 0 saturated heterocycles. The zero-order valence-corrected chi connectivity index (χ0v) is 13.8. The van der Waals surface area contributed by atoms with Gasteiger partial charge in [0.1, 0.15) is 11.1 Å². The molecule has 2 aromatic carbocycles. The minimum Gasteiger partial charge on any atom is -0.258 e. The first kappa shape index (κ1) is 16.2. The number of nitrogens with zero attached hydrogens (tertiary/aromatic N) is 3. The van der Waals surface area contributed by atoms with Crippen molar-refractivity contribution in [3.8, 4) is 17.5 Å². The molecule has 0 spiro atoms. The van der Waals surface area contributed by atoms with Gasteiger partial charge in [-0.25, -0.2) is 9.37 Å². The third-order valence-corrected chi connectivity index (χ3v) is 4.48. The second-order valence-electron chi connectivity index (χ2n) is 5.37. The number of nitriles is 1. The molecule has 0 aliphatic rings. The molecular weight excluding hydrogens is 323 g/mol. The number of hydrogen-bond acceptors (Lipinski definition) is 4. The lowest BCUT2D eigenvalue weighted by Gasteiger charge is -2.06. The van der Waals surface area contributed by atoms with Crippen LogP contribution in [0.1, 0.15) is 11.1 Å². The van der Waals surface area contributed by atoms with Gasteiger partial charge in [-0.3, -0.25) is 5.10 Å². The predicted octanol–water partition coefficient (Wildman–Crippen LogP) is 4.15. The van der Waals surface area contributed by atoms with E-state index >= 15 is 0 Å². The van der Waals surface area contributed by atoms with E-state index in [0.717, 1.165) is 5.56 Å². The Kier molecular flexibility index (Phi) is 4.92. The number of benzene rings is 2. The third kappa shape index (κ3) is 3.81. The Morgan fingerprint density at radius 3 is 2.67 bits per heavy atom. The van der Waals surface area contributed by atoms with E-state index in [1.165, 1.54) is 23.4 Å². The molecular formula is C18H15FN4S. The minimum absolute atomic E-state index is 0.308. The van der Waals surface area contributed by atoms with Gasteiger partial charge in [0.2, 0.25) is 5.16 Å². The smallest absolute Gasteiger partial charge is 0.210 e. The molecule has 0 fully saturated rings. The lowest BCUT2D eigenvalue weighted by atomic mass is 10.1. The largest absolute Gasteiger partial charge is 0.258 e. The Labute approximate surface area is 143 Å². The van der Waals surface area contributed by atoms with Crippen LogP contribution in [0.5, 0.6) is 0 Å². The van der Waals surface area contributed by atoms with E-state index < -0.39 is 0 Å². The summed E-state index contributed by atoms with van der Waals surface area (Å²) in [6.45, 7) is 2.03. The Morgan fingerprint density at radius 2 is 1.96 bits per heavy atom. The van der Waals surface area contributed by atoms with E-state index in [0.29, 0.717) is 23.0 Å². The zero-order valence-electron chi connectivity index (χ0n) is 13.0. The topological polar surface area (TPSA) is 65.4 Å². The number of rotatable bonds is 5. The van der Waals surface area contributed by atoms with Crippen molar-refractivity contribution in [2.24, 2.45) is 0 Å². The highest BCUT2D eigenvalue weighted by atomic mass is 32.2. The normalized spacial score (nSPS) is 11.9. The van der Waals surface area contributed by atoms with E-state index in [-0.39, 0.29) is 11.1 Å². The highest BCUT2D eigenvalue weighted by Gasteiger charge is 2.16. The van der Waals surface area contributed by atoms with E-state index in [1.54, 1.807) is 18.2 Å². The standard InChI is InChI=1S/C18H15FN4S/c1-12-6-8-13(9-7-12)10-14(11-20)24-18-21-17(22-23-18)15-4-2-3-5-16(15)19/h2-9,14H,10H2,1H3,(H,21,22,23)/t14-/m1/s1. The summed E-state index contributed by atoms with van der Waals surface area (Å²) in [5, 5.41) is 16.3. The molecule has 1 heterocycles. The van der Waals surface area contributed by atoms with Crippen LogP contribution >= 0.6 is 11.8 Å². The van der Waals surface area contributed by atoms with E-state index in [2.05, 4.69) is 21.3 Å². The van der Waals surface area contributed by atoms with Gasteiger partial charge in [-0.2, -0.15) is 5.26 Å². The number of thioether (sulfide) groups is 1. The molecule has 0 bridgehead atoms. The van der Waals surface area contributed by atoms with E-state index in [4.69, 9.17) is 0 Å². The van der Waals surface area contributed by atoms with Crippen LogP contribution in [0.25, 0.3) is 11.4 Å². The highest BCUT2D eigenvalue weighted by molar-refractivity contribution is 8.00. The van der Waals surface area contributed by atoms with E-state index in [9.17, 15) is 9.65 Å². The third-order valence-electron chi connectivity index (χ3n) is 3.53. The fourth-order valence-electron chi connectivity index (χ4n) is 2.25. The van der Waals surface area contributed by atoms with Crippen LogP contribution in [0.15, 0.2) is 53.7 Å². The van der Waals surface area contributed by atoms with Gasteiger partial charge in [-0.15, -0.1) is 5.10 Å². The Hall–Kier alpha value is -2.65. The average molecular weight is 338 g/mol. The first-order valence-corrected chi connectivity index (χ1v) is 8.33. The van der Waals surface area contributed by atoms with Crippen LogP contribution in [0.4, 0.5) is 4.39 Å². The number of aryl methyl sites for hydroxylation is 1.